The molecule has 5 nitrogen and oxygen atoms in total. The number of hydrogen-bond donors (Lipinski definition) is 1. The lowest BCUT2D eigenvalue weighted by Gasteiger charge is -2.16. The summed E-state index contributed by atoms with van der Waals surface area (Å²) in [5.74, 6) is -0.0580. The Labute approximate surface area is 100 Å². The molecule has 1 atom stereocenters. The average Bonchev–Trinajstić information content (AvgIpc) is 2.58. The SMILES string of the molecule is CS(=O)(=O)NC1CC(=O)N(c2ccccc2)C1. The van der Waals surface area contributed by atoms with Crippen LogP contribution in [0, 0.1) is 0 Å². The number of benzene rings is 1. The number of carbonyl (C=O) groups is 1. The number of para-hydroxylation sites is 1. The van der Waals surface area contributed by atoms with E-state index in [2.05, 4.69) is 4.72 Å². The van der Waals surface area contributed by atoms with Crippen molar-refractivity contribution in [3.63, 3.8) is 0 Å². The second-order valence-electron chi connectivity index (χ2n) is 4.13. The Morgan fingerprint density at radius 1 is 1.29 bits per heavy atom. The monoisotopic (exact) mass is 254 g/mol. The van der Waals surface area contributed by atoms with Crippen LogP contribution < -0.4 is 9.62 Å². The highest BCUT2D eigenvalue weighted by molar-refractivity contribution is 7.88. The zero-order chi connectivity index (χ0) is 12.5. The third-order valence-electron chi connectivity index (χ3n) is 2.57. The first kappa shape index (κ1) is 12.1. The quantitative estimate of drug-likeness (QED) is 0.846. The normalized spacial score (nSPS) is 20.9. The number of sulfonamides is 1. The Morgan fingerprint density at radius 2 is 1.94 bits per heavy atom. The van der Waals surface area contributed by atoms with Crippen molar-refractivity contribution in [2.45, 2.75) is 12.5 Å². The lowest BCUT2D eigenvalue weighted by atomic mass is 10.3. The molecule has 1 aliphatic rings. The Kier molecular flexibility index (Phi) is 3.17. The van der Waals surface area contributed by atoms with E-state index in [1.165, 1.54) is 0 Å². The van der Waals surface area contributed by atoms with Crippen molar-refractivity contribution in [2.24, 2.45) is 0 Å². The zero-order valence-electron chi connectivity index (χ0n) is 9.46. The molecule has 1 saturated heterocycles. The first-order valence-corrected chi connectivity index (χ1v) is 7.17. The summed E-state index contributed by atoms with van der Waals surface area (Å²) in [5, 5.41) is 0. The third-order valence-corrected chi connectivity index (χ3v) is 3.34. The summed E-state index contributed by atoms with van der Waals surface area (Å²) < 4.78 is 24.7. The number of nitrogens with one attached hydrogen (secondary N) is 1. The van der Waals surface area contributed by atoms with Crippen LogP contribution >= 0.6 is 0 Å². The number of nitrogens with zero attached hydrogens (tertiary/aromatic N) is 1. The Balaban J connectivity index is 2.11. The molecule has 1 amide bonds. The number of anilines is 1. The molecule has 0 radical (unpaired) electrons. The minimum Gasteiger partial charge on any atom is -0.311 e. The lowest BCUT2D eigenvalue weighted by molar-refractivity contribution is -0.117. The van der Waals surface area contributed by atoms with Gasteiger partial charge in [-0.25, -0.2) is 13.1 Å². The summed E-state index contributed by atoms with van der Waals surface area (Å²) in [6.07, 6.45) is 1.31. The number of rotatable bonds is 3. The van der Waals surface area contributed by atoms with Crippen molar-refractivity contribution in [2.75, 3.05) is 17.7 Å². The topological polar surface area (TPSA) is 66.5 Å². The van der Waals surface area contributed by atoms with Crippen LogP contribution in [-0.4, -0.2) is 33.2 Å². The Bertz CT molecular complexity index is 513. The summed E-state index contributed by atoms with van der Waals surface area (Å²) in [5.41, 5.74) is 0.801. The molecule has 0 aromatic heterocycles. The van der Waals surface area contributed by atoms with Crippen molar-refractivity contribution in [3.8, 4) is 0 Å². The summed E-state index contributed by atoms with van der Waals surface area (Å²) in [6, 6.07) is 8.90. The van der Waals surface area contributed by atoms with Gasteiger partial charge in [0.1, 0.15) is 0 Å². The molecule has 1 fully saturated rings. The van der Waals surface area contributed by atoms with Crippen LogP contribution in [0.4, 0.5) is 5.69 Å². The number of amides is 1. The molecule has 0 spiro atoms. The maximum Gasteiger partial charge on any atom is 0.228 e. The standard InChI is InChI=1S/C11H14N2O3S/c1-17(15,16)12-9-7-11(14)13(8-9)10-5-3-2-4-6-10/h2-6,9,12H,7-8H2,1H3. The van der Waals surface area contributed by atoms with Crippen LogP contribution in [-0.2, 0) is 14.8 Å². The van der Waals surface area contributed by atoms with E-state index in [1.807, 2.05) is 30.3 Å². The van der Waals surface area contributed by atoms with Gasteiger partial charge >= 0.3 is 0 Å². The molecule has 17 heavy (non-hydrogen) atoms. The fraction of sp³-hybridized carbons (Fsp3) is 0.364. The van der Waals surface area contributed by atoms with E-state index in [0.717, 1.165) is 11.9 Å². The molecule has 1 unspecified atom stereocenters. The molecule has 1 aromatic rings. The fourth-order valence-corrected chi connectivity index (χ4v) is 2.71. The third kappa shape index (κ3) is 3.04. The van der Waals surface area contributed by atoms with Gasteiger partial charge in [0.2, 0.25) is 15.9 Å². The predicted molar refractivity (Wildman–Crippen MR) is 65.2 cm³/mol. The maximum absolute atomic E-state index is 11.8. The molecule has 92 valence electrons. The first-order chi connectivity index (χ1) is 7.96. The van der Waals surface area contributed by atoms with Crippen LogP contribution in [0.1, 0.15) is 6.42 Å². The van der Waals surface area contributed by atoms with Crippen LogP contribution in [0.25, 0.3) is 0 Å². The largest absolute Gasteiger partial charge is 0.311 e. The molecule has 0 saturated carbocycles. The van der Waals surface area contributed by atoms with Gasteiger partial charge in [0.15, 0.2) is 0 Å². The molecule has 1 heterocycles. The molecule has 6 heteroatoms. The van der Waals surface area contributed by atoms with Gasteiger partial charge in [0, 0.05) is 24.7 Å². The van der Waals surface area contributed by atoms with Gasteiger partial charge < -0.3 is 4.90 Å². The predicted octanol–water partition coefficient (Wildman–Crippen LogP) is 0.341. The second kappa shape index (κ2) is 4.46. The van der Waals surface area contributed by atoms with E-state index < -0.39 is 10.0 Å². The molecule has 1 aliphatic heterocycles. The smallest absolute Gasteiger partial charge is 0.228 e. The lowest BCUT2D eigenvalue weighted by Crippen LogP contribution is -2.36. The van der Waals surface area contributed by atoms with E-state index in [0.29, 0.717) is 6.54 Å². The number of hydrogen-bond acceptors (Lipinski definition) is 3. The molecule has 2 rings (SSSR count). The van der Waals surface area contributed by atoms with Gasteiger partial charge in [-0.05, 0) is 12.1 Å². The van der Waals surface area contributed by atoms with Crippen LogP contribution in [0.2, 0.25) is 0 Å². The Morgan fingerprint density at radius 3 is 2.53 bits per heavy atom. The van der Waals surface area contributed by atoms with Crippen LogP contribution in [0.15, 0.2) is 30.3 Å². The van der Waals surface area contributed by atoms with Gasteiger partial charge in [-0.3, -0.25) is 4.79 Å². The molecular formula is C11H14N2O3S. The van der Waals surface area contributed by atoms with E-state index in [1.54, 1.807) is 4.90 Å². The van der Waals surface area contributed by atoms with Crippen molar-refractivity contribution in [3.05, 3.63) is 30.3 Å². The molecule has 1 N–H and O–H groups in total. The molecule has 0 bridgehead atoms. The minimum absolute atomic E-state index is 0.0580. The van der Waals surface area contributed by atoms with Crippen LogP contribution in [0.3, 0.4) is 0 Å². The molecule has 1 aromatic carbocycles. The van der Waals surface area contributed by atoms with Gasteiger partial charge in [-0.15, -0.1) is 0 Å². The highest BCUT2D eigenvalue weighted by Crippen LogP contribution is 2.21. The molecule has 0 aliphatic carbocycles. The number of carbonyl (C=O) groups excluding carboxylic acids is 1. The van der Waals surface area contributed by atoms with Crippen molar-refractivity contribution in [1.82, 2.24) is 4.72 Å². The first-order valence-electron chi connectivity index (χ1n) is 5.28. The van der Waals surface area contributed by atoms with Gasteiger partial charge in [-0.1, -0.05) is 18.2 Å². The molecular weight excluding hydrogens is 240 g/mol. The highest BCUT2D eigenvalue weighted by Gasteiger charge is 2.31. The van der Waals surface area contributed by atoms with E-state index >= 15 is 0 Å². The van der Waals surface area contributed by atoms with E-state index in [4.69, 9.17) is 0 Å². The van der Waals surface area contributed by atoms with E-state index in [-0.39, 0.29) is 18.4 Å². The maximum atomic E-state index is 11.8. The van der Waals surface area contributed by atoms with Gasteiger partial charge in [0.05, 0.1) is 6.26 Å². The van der Waals surface area contributed by atoms with Crippen LogP contribution in [0.5, 0.6) is 0 Å². The summed E-state index contributed by atoms with van der Waals surface area (Å²) >= 11 is 0. The van der Waals surface area contributed by atoms with Gasteiger partial charge in [0.25, 0.3) is 0 Å². The van der Waals surface area contributed by atoms with Crippen molar-refractivity contribution >= 4 is 21.6 Å². The summed E-state index contributed by atoms with van der Waals surface area (Å²) in [6.45, 7) is 0.385. The van der Waals surface area contributed by atoms with Crippen molar-refractivity contribution < 1.29 is 13.2 Å². The average molecular weight is 254 g/mol. The summed E-state index contributed by atoms with van der Waals surface area (Å²) in [7, 11) is -3.27. The second-order valence-corrected chi connectivity index (χ2v) is 5.91. The fourth-order valence-electron chi connectivity index (χ4n) is 1.95. The van der Waals surface area contributed by atoms with E-state index in [9.17, 15) is 13.2 Å². The highest BCUT2D eigenvalue weighted by atomic mass is 32.2. The zero-order valence-corrected chi connectivity index (χ0v) is 10.3. The van der Waals surface area contributed by atoms with Gasteiger partial charge in [-0.2, -0.15) is 0 Å². The van der Waals surface area contributed by atoms with Crippen molar-refractivity contribution in [1.29, 1.82) is 0 Å². The summed E-state index contributed by atoms with van der Waals surface area (Å²) in [4.78, 5) is 13.4. The minimum atomic E-state index is -3.27. The Hall–Kier alpha value is -1.40.